The van der Waals surface area contributed by atoms with Crippen LogP contribution in [0, 0.1) is 0 Å². The maximum absolute atomic E-state index is 13.1. The van der Waals surface area contributed by atoms with Gasteiger partial charge in [-0.3, -0.25) is 14.4 Å². The zero-order valence-electron chi connectivity index (χ0n) is 18.9. The first-order valence-electron chi connectivity index (χ1n) is 10.4. The van der Waals surface area contributed by atoms with Crippen molar-refractivity contribution in [2.45, 2.75) is 0 Å². The summed E-state index contributed by atoms with van der Waals surface area (Å²) in [4.78, 5) is 39.5. The van der Waals surface area contributed by atoms with E-state index in [4.69, 9.17) is 44.3 Å². The molecule has 2 N–H and O–H groups in total. The topological polar surface area (TPSA) is 97.0 Å². The molecule has 3 aromatic rings. The van der Waals surface area contributed by atoms with E-state index in [0.29, 0.717) is 27.9 Å². The SMILES string of the molecule is COc1ccc(NC(=O)c2cccc(NC3=C(Cl)C(=O)N(c4ccc(Cl)cc4Cl)C3=O)c2)c(OC)c1. The van der Waals surface area contributed by atoms with Crippen molar-refractivity contribution in [1.29, 1.82) is 0 Å². The monoisotopic (exact) mass is 545 g/mol. The molecule has 3 amide bonds. The molecular formula is C25H18Cl3N3O5. The molecule has 0 atom stereocenters. The molecule has 0 radical (unpaired) electrons. The third kappa shape index (κ3) is 4.97. The van der Waals surface area contributed by atoms with Crippen LogP contribution in [-0.4, -0.2) is 31.9 Å². The Labute approximate surface area is 221 Å². The normalized spacial score (nSPS) is 13.2. The first-order chi connectivity index (χ1) is 17.2. The van der Waals surface area contributed by atoms with E-state index in [1.807, 2.05) is 0 Å². The fourth-order valence-electron chi connectivity index (χ4n) is 3.47. The number of halogens is 3. The van der Waals surface area contributed by atoms with Crippen LogP contribution in [0.25, 0.3) is 0 Å². The van der Waals surface area contributed by atoms with Crippen LogP contribution in [0.5, 0.6) is 11.5 Å². The molecule has 184 valence electrons. The maximum Gasteiger partial charge on any atom is 0.283 e. The van der Waals surface area contributed by atoms with E-state index < -0.39 is 17.7 Å². The van der Waals surface area contributed by atoms with Crippen molar-refractivity contribution in [1.82, 2.24) is 0 Å². The number of nitrogens with one attached hydrogen (secondary N) is 2. The van der Waals surface area contributed by atoms with E-state index in [-0.39, 0.29) is 27.0 Å². The quantitative estimate of drug-likeness (QED) is 0.369. The van der Waals surface area contributed by atoms with Gasteiger partial charge < -0.3 is 20.1 Å². The zero-order chi connectivity index (χ0) is 26.0. The fourth-order valence-corrected chi connectivity index (χ4v) is 4.18. The lowest BCUT2D eigenvalue weighted by molar-refractivity contribution is -0.120. The second kappa shape index (κ2) is 10.5. The molecule has 0 unspecified atom stereocenters. The highest BCUT2D eigenvalue weighted by molar-refractivity contribution is 6.54. The summed E-state index contributed by atoms with van der Waals surface area (Å²) >= 11 is 18.3. The summed E-state index contributed by atoms with van der Waals surface area (Å²) in [6.45, 7) is 0. The Morgan fingerprint density at radius 3 is 2.36 bits per heavy atom. The molecule has 0 spiro atoms. The minimum Gasteiger partial charge on any atom is -0.497 e. The molecule has 0 saturated heterocycles. The number of benzene rings is 3. The number of carbonyl (C=O) groups excluding carboxylic acids is 3. The van der Waals surface area contributed by atoms with Gasteiger partial charge >= 0.3 is 0 Å². The van der Waals surface area contributed by atoms with E-state index in [1.54, 1.807) is 36.4 Å². The van der Waals surface area contributed by atoms with Crippen molar-refractivity contribution in [3.8, 4) is 11.5 Å². The van der Waals surface area contributed by atoms with Gasteiger partial charge in [-0.05, 0) is 48.5 Å². The molecule has 0 fully saturated rings. The van der Waals surface area contributed by atoms with Gasteiger partial charge in [0.25, 0.3) is 17.7 Å². The number of methoxy groups -OCH3 is 2. The van der Waals surface area contributed by atoms with E-state index in [9.17, 15) is 14.4 Å². The average Bonchev–Trinajstić information content (AvgIpc) is 3.07. The number of anilines is 3. The van der Waals surface area contributed by atoms with Gasteiger partial charge in [0.1, 0.15) is 22.2 Å². The van der Waals surface area contributed by atoms with Gasteiger partial charge in [0, 0.05) is 22.3 Å². The van der Waals surface area contributed by atoms with Crippen molar-refractivity contribution in [3.05, 3.63) is 87.0 Å². The Morgan fingerprint density at radius 1 is 0.889 bits per heavy atom. The first-order valence-corrected chi connectivity index (χ1v) is 11.5. The summed E-state index contributed by atoms with van der Waals surface area (Å²) in [6, 6.07) is 15.7. The summed E-state index contributed by atoms with van der Waals surface area (Å²) in [5.74, 6) is -0.873. The lowest BCUT2D eigenvalue weighted by Gasteiger charge is -2.17. The summed E-state index contributed by atoms with van der Waals surface area (Å²) in [5, 5.41) is 5.76. The molecule has 3 aromatic carbocycles. The number of imide groups is 1. The van der Waals surface area contributed by atoms with Gasteiger partial charge in [-0.1, -0.05) is 40.9 Å². The molecule has 11 heteroatoms. The van der Waals surface area contributed by atoms with Crippen LogP contribution in [0.3, 0.4) is 0 Å². The number of hydrogen-bond donors (Lipinski definition) is 2. The van der Waals surface area contributed by atoms with Crippen molar-refractivity contribution >= 4 is 69.6 Å². The van der Waals surface area contributed by atoms with Gasteiger partial charge in [-0.25, -0.2) is 4.90 Å². The van der Waals surface area contributed by atoms with Gasteiger partial charge in [-0.2, -0.15) is 0 Å². The van der Waals surface area contributed by atoms with Crippen LogP contribution < -0.4 is 25.0 Å². The maximum atomic E-state index is 13.1. The Bertz CT molecular complexity index is 1420. The average molecular weight is 547 g/mol. The van der Waals surface area contributed by atoms with Crippen molar-refractivity contribution in [2.75, 3.05) is 29.8 Å². The lowest BCUT2D eigenvalue weighted by atomic mass is 10.1. The number of ether oxygens (including phenoxy) is 2. The van der Waals surface area contributed by atoms with Gasteiger partial charge in [0.2, 0.25) is 0 Å². The first kappa shape index (κ1) is 25.4. The molecule has 1 aliphatic heterocycles. The predicted molar refractivity (Wildman–Crippen MR) is 139 cm³/mol. The number of amides is 3. The minimum atomic E-state index is -0.742. The Morgan fingerprint density at radius 2 is 1.67 bits per heavy atom. The molecule has 0 bridgehead atoms. The largest absolute Gasteiger partial charge is 0.497 e. The van der Waals surface area contributed by atoms with E-state index in [0.717, 1.165) is 4.90 Å². The summed E-state index contributed by atoms with van der Waals surface area (Å²) in [5.41, 5.74) is 1.08. The Kier molecular flexibility index (Phi) is 7.40. The number of rotatable bonds is 7. The summed E-state index contributed by atoms with van der Waals surface area (Å²) < 4.78 is 10.5. The van der Waals surface area contributed by atoms with Crippen molar-refractivity contribution in [2.24, 2.45) is 0 Å². The Hall–Kier alpha value is -3.72. The molecule has 0 aromatic heterocycles. The van der Waals surface area contributed by atoms with Gasteiger partial charge in [0.05, 0.1) is 30.6 Å². The van der Waals surface area contributed by atoms with Crippen LogP contribution in [0.1, 0.15) is 10.4 Å². The second-order valence-corrected chi connectivity index (χ2v) is 8.68. The molecular weight excluding hydrogens is 529 g/mol. The predicted octanol–water partition coefficient (Wildman–Crippen LogP) is 5.70. The van der Waals surface area contributed by atoms with Crippen LogP contribution in [0.2, 0.25) is 10.0 Å². The molecule has 36 heavy (non-hydrogen) atoms. The van der Waals surface area contributed by atoms with Gasteiger partial charge in [-0.15, -0.1) is 0 Å². The summed E-state index contributed by atoms with van der Waals surface area (Å²) in [6.07, 6.45) is 0. The fraction of sp³-hybridized carbons (Fsp3) is 0.0800. The van der Waals surface area contributed by atoms with Crippen LogP contribution in [-0.2, 0) is 9.59 Å². The van der Waals surface area contributed by atoms with Crippen LogP contribution >= 0.6 is 34.8 Å². The highest BCUT2D eigenvalue weighted by Crippen LogP contribution is 2.36. The number of carbonyl (C=O) groups is 3. The smallest absolute Gasteiger partial charge is 0.283 e. The van der Waals surface area contributed by atoms with Gasteiger partial charge in [0.15, 0.2) is 0 Å². The summed E-state index contributed by atoms with van der Waals surface area (Å²) in [7, 11) is 3.01. The minimum absolute atomic E-state index is 0.113. The molecule has 1 heterocycles. The van der Waals surface area contributed by atoms with E-state index >= 15 is 0 Å². The van der Waals surface area contributed by atoms with E-state index in [2.05, 4.69) is 10.6 Å². The third-order valence-electron chi connectivity index (χ3n) is 5.23. The van der Waals surface area contributed by atoms with Crippen molar-refractivity contribution in [3.63, 3.8) is 0 Å². The van der Waals surface area contributed by atoms with Crippen molar-refractivity contribution < 1.29 is 23.9 Å². The molecule has 8 nitrogen and oxygen atoms in total. The standard InChI is InChI=1S/C25H18Cl3N3O5/c1-35-16-7-8-18(20(12-16)36-2)30-23(32)13-4-3-5-15(10-13)29-22-21(28)24(33)31(25(22)34)19-9-6-14(26)11-17(19)27/h3-12,29H,1-2H3,(H,30,32). The molecule has 0 saturated carbocycles. The zero-order valence-corrected chi connectivity index (χ0v) is 21.2. The van der Waals surface area contributed by atoms with Crippen LogP contribution in [0.15, 0.2) is 71.4 Å². The van der Waals surface area contributed by atoms with Crippen LogP contribution in [0.4, 0.5) is 17.1 Å². The Balaban J connectivity index is 1.55. The third-order valence-corrected chi connectivity index (χ3v) is 6.12. The molecule has 4 rings (SSSR count). The highest BCUT2D eigenvalue weighted by Gasteiger charge is 2.39. The molecule has 1 aliphatic rings. The number of nitrogens with zero attached hydrogens (tertiary/aromatic N) is 1. The number of hydrogen-bond acceptors (Lipinski definition) is 6. The lowest BCUT2D eigenvalue weighted by Crippen LogP contribution is -2.32. The molecule has 0 aliphatic carbocycles. The highest BCUT2D eigenvalue weighted by atomic mass is 35.5. The second-order valence-electron chi connectivity index (χ2n) is 7.46. The van der Waals surface area contributed by atoms with E-state index in [1.165, 1.54) is 38.5 Å².